The Hall–Kier alpha value is -2.19. The molecular formula is C12H14N4O3S. The van der Waals surface area contributed by atoms with Crippen LogP contribution in [-0.2, 0) is 17.1 Å². The second kappa shape index (κ2) is 5.06. The Morgan fingerprint density at radius 2 is 2.05 bits per heavy atom. The van der Waals surface area contributed by atoms with Gasteiger partial charge in [0.05, 0.1) is 4.90 Å². The number of anilines is 1. The van der Waals surface area contributed by atoms with Gasteiger partial charge in [0.15, 0.2) is 0 Å². The molecule has 3 N–H and O–H groups in total. The van der Waals surface area contributed by atoms with Gasteiger partial charge in [-0.15, -0.1) is 0 Å². The molecule has 0 aliphatic heterocycles. The van der Waals surface area contributed by atoms with E-state index in [2.05, 4.69) is 10.4 Å². The topological polar surface area (TPSA) is 107 Å². The van der Waals surface area contributed by atoms with Crippen molar-refractivity contribution in [3.8, 4) is 0 Å². The molecule has 0 saturated heterocycles. The Kier molecular flexibility index (Phi) is 3.60. The monoisotopic (exact) mass is 294 g/mol. The van der Waals surface area contributed by atoms with Crippen LogP contribution in [0.3, 0.4) is 0 Å². The average molecular weight is 294 g/mol. The van der Waals surface area contributed by atoms with Crippen molar-refractivity contribution in [3.63, 3.8) is 0 Å². The molecule has 0 unspecified atom stereocenters. The van der Waals surface area contributed by atoms with E-state index in [1.165, 1.54) is 23.0 Å². The number of carbonyl (C=O) groups is 1. The molecule has 2 rings (SSSR count). The van der Waals surface area contributed by atoms with Crippen molar-refractivity contribution in [3.05, 3.63) is 41.7 Å². The number of hydrogen-bond acceptors (Lipinski definition) is 4. The molecular weight excluding hydrogens is 280 g/mol. The van der Waals surface area contributed by atoms with E-state index < -0.39 is 10.0 Å². The summed E-state index contributed by atoms with van der Waals surface area (Å²) in [4.78, 5) is 12.0. The van der Waals surface area contributed by atoms with Gasteiger partial charge < -0.3 is 5.32 Å². The fourth-order valence-electron chi connectivity index (χ4n) is 1.84. The third-order valence-corrected chi connectivity index (χ3v) is 3.86. The van der Waals surface area contributed by atoms with Crippen molar-refractivity contribution >= 4 is 21.6 Å². The molecule has 0 aliphatic carbocycles. The second-order valence-corrected chi connectivity index (χ2v) is 5.85. The Bertz CT molecular complexity index is 765. The Balaban J connectivity index is 2.26. The van der Waals surface area contributed by atoms with E-state index in [9.17, 15) is 13.2 Å². The van der Waals surface area contributed by atoms with Crippen LogP contribution in [0, 0.1) is 6.92 Å². The van der Waals surface area contributed by atoms with Crippen molar-refractivity contribution < 1.29 is 13.2 Å². The quantitative estimate of drug-likeness (QED) is 0.865. The first-order valence-corrected chi connectivity index (χ1v) is 7.26. The number of nitrogens with zero attached hydrogens (tertiary/aromatic N) is 2. The fraction of sp³-hybridized carbons (Fsp3) is 0.167. The number of primary sulfonamides is 1. The minimum atomic E-state index is -3.76. The first kappa shape index (κ1) is 14.2. The fourth-order valence-corrected chi connectivity index (χ4v) is 2.60. The van der Waals surface area contributed by atoms with Gasteiger partial charge in [-0.25, -0.2) is 13.6 Å². The number of aryl methyl sites for hydroxylation is 2. The molecule has 106 valence electrons. The SMILES string of the molecule is Cc1cc(NC(=O)c2ccnn2C)ccc1S(N)(=O)=O. The molecule has 0 spiro atoms. The van der Waals surface area contributed by atoms with Crippen LogP contribution in [0.25, 0.3) is 0 Å². The summed E-state index contributed by atoms with van der Waals surface area (Å²) in [7, 11) is -2.10. The summed E-state index contributed by atoms with van der Waals surface area (Å²) in [5.74, 6) is -0.326. The van der Waals surface area contributed by atoms with Crippen molar-refractivity contribution in [1.29, 1.82) is 0 Å². The van der Waals surface area contributed by atoms with Crippen LogP contribution in [0.15, 0.2) is 35.4 Å². The number of rotatable bonds is 3. The molecule has 0 radical (unpaired) electrons. The van der Waals surface area contributed by atoms with Gasteiger partial charge in [0.2, 0.25) is 10.0 Å². The highest BCUT2D eigenvalue weighted by atomic mass is 32.2. The van der Waals surface area contributed by atoms with Crippen LogP contribution in [0.5, 0.6) is 0 Å². The van der Waals surface area contributed by atoms with E-state index in [4.69, 9.17) is 5.14 Å². The number of nitrogens with two attached hydrogens (primary N) is 1. The average Bonchev–Trinajstić information content (AvgIpc) is 2.73. The van der Waals surface area contributed by atoms with Crippen LogP contribution >= 0.6 is 0 Å². The molecule has 20 heavy (non-hydrogen) atoms. The van der Waals surface area contributed by atoms with Crippen LogP contribution in [0.1, 0.15) is 16.1 Å². The third-order valence-electron chi connectivity index (χ3n) is 2.79. The van der Waals surface area contributed by atoms with Gasteiger partial charge in [0.1, 0.15) is 5.69 Å². The maximum atomic E-state index is 12.0. The van der Waals surface area contributed by atoms with E-state index in [0.29, 0.717) is 16.9 Å². The predicted molar refractivity (Wildman–Crippen MR) is 73.7 cm³/mol. The first-order chi connectivity index (χ1) is 9.29. The number of aromatic nitrogens is 2. The van der Waals surface area contributed by atoms with E-state index in [0.717, 1.165) is 0 Å². The zero-order valence-corrected chi connectivity index (χ0v) is 11.8. The molecule has 0 fully saturated rings. The summed E-state index contributed by atoms with van der Waals surface area (Å²) in [6.45, 7) is 1.61. The van der Waals surface area contributed by atoms with Gasteiger partial charge in [-0.3, -0.25) is 9.48 Å². The smallest absolute Gasteiger partial charge is 0.273 e. The highest BCUT2D eigenvalue weighted by Crippen LogP contribution is 2.19. The minimum absolute atomic E-state index is 0.0380. The summed E-state index contributed by atoms with van der Waals surface area (Å²) in [5.41, 5.74) is 1.36. The highest BCUT2D eigenvalue weighted by molar-refractivity contribution is 7.89. The maximum Gasteiger partial charge on any atom is 0.273 e. The van der Waals surface area contributed by atoms with Gasteiger partial charge in [-0.1, -0.05) is 0 Å². The molecule has 0 aliphatic rings. The van der Waals surface area contributed by atoms with Gasteiger partial charge >= 0.3 is 0 Å². The van der Waals surface area contributed by atoms with Crippen molar-refractivity contribution in [2.24, 2.45) is 12.2 Å². The maximum absolute atomic E-state index is 12.0. The zero-order valence-electron chi connectivity index (χ0n) is 11.0. The Labute approximate surface area is 116 Å². The lowest BCUT2D eigenvalue weighted by atomic mass is 10.2. The molecule has 1 aromatic heterocycles. The number of amides is 1. The zero-order chi connectivity index (χ0) is 14.9. The van der Waals surface area contributed by atoms with Gasteiger partial charge in [0.25, 0.3) is 5.91 Å². The molecule has 1 heterocycles. The lowest BCUT2D eigenvalue weighted by molar-refractivity contribution is 0.101. The Morgan fingerprint density at radius 3 is 2.55 bits per heavy atom. The minimum Gasteiger partial charge on any atom is -0.321 e. The van der Waals surface area contributed by atoms with E-state index in [1.807, 2.05) is 0 Å². The molecule has 7 nitrogen and oxygen atoms in total. The molecule has 0 bridgehead atoms. The van der Waals surface area contributed by atoms with Crippen LogP contribution in [0.4, 0.5) is 5.69 Å². The molecule has 1 amide bonds. The number of hydrogen-bond donors (Lipinski definition) is 2. The van der Waals surface area contributed by atoms with Crippen LogP contribution in [0.2, 0.25) is 0 Å². The largest absolute Gasteiger partial charge is 0.321 e. The summed E-state index contributed by atoms with van der Waals surface area (Å²) in [6.07, 6.45) is 1.52. The van der Waals surface area contributed by atoms with E-state index >= 15 is 0 Å². The normalized spacial score (nSPS) is 11.3. The van der Waals surface area contributed by atoms with Crippen LogP contribution < -0.4 is 10.5 Å². The number of benzene rings is 1. The third kappa shape index (κ3) is 2.86. The number of sulfonamides is 1. The van der Waals surface area contributed by atoms with E-state index in [1.54, 1.807) is 26.1 Å². The number of nitrogens with one attached hydrogen (secondary N) is 1. The first-order valence-electron chi connectivity index (χ1n) is 5.72. The molecule has 2 aromatic rings. The molecule has 0 atom stereocenters. The van der Waals surface area contributed by atoms with E-state index in [-0.39, 0.29) is 10.8 Å². The molecule has 8 heteroatoms. The van der Waals surface area contributed by atoms with Crippen LogP contribution in [-0.4, -0.2) is 24.1 Å². The summed E-state index contributed by atoms with van der Waals surface area (Å²) < 4.78 is 24.0. The second-order valence-electron chi connectivity index (χ2n) is 4.32. The van der Waals surface area contributed by atoms with Gasteiger partial charge in [0, 0.05) is 18.9 Å². The summed E-state index contributed by atoms with van der Waals surface area (Å²) in [6, 6.07) is 5.99. The molecule has 1 aromatic carbocycles. The van der Waals surface area contributed by atoms with Gasteiger partial charge in [-0.2, -0.15) is 5.10 Å². The lowest BCUT2D eigenvalue weighted by Gasteiger charge is -2.08. The van der Waals surface area contributed by atoms with Gasteiger partial charge in [-0.05, 0) is 36.8 Å². The molecule has 0 saturated carbocycles. The van der Waals surface area contributed by atoms with Crippen molar-refractivity contribution in [1.82, 2.24) is 9.78 Å². The predicted octanol–water partition coefficient (Wildman–Crippen LogP) is 0.628. The summed E-state index contributed by atoms with van der Waals surface area (Å²) >= 11 is 0. The lowest BCUT2D eigenvalue weighted by Crippen LogP contribution is -2.17. The number of carbonyl (C=O) groups excluding carboxylic acids is 1. The highest BCUT2D eigenvalue weighted by Gasteiger charge is 2.14. The summed E-state index contributed by atoms with van der Waals surface area (Å²) in [5, 5.41) is 11.7. The van der Waals surface area contributed by atoms with Crippen molar-refractivity contribution in [2.75, 3.05) is 5.32 Å². The van der Waals surface area contributed by atoms with Crippen molar-refractivity contribution in [2.45, 2.75) is 11.8 Å². The standard InChI is InChI=1S/C12H14N4O3S/c1-8-7-9(3-4-11(8)20(13,18)19)15-12(17)10-5-6-14-16(10)2/h3-7H,1-2H3,(H,15,17)(H2,13,18,19). The Morgan fingerprint density at radius 1 is 1.35 bits per heavy atom.